The van der Waals surface area contributed by atoms with Crippen LogP contribution in [0.4, 0.5) is 0 Å². The van der Waals surface area contributed by atoms with E-state index >= 15 is 0 Å². The molecule has 46 heavy (non-hydrogen) atoms. The van der Waals surface area contributed by atoms with Crippen molar-refractivity contribution in [3.63, 3.8) is 0 Å². The van der Waals surface area contributed by atoms with Crippen molar-refractivity contribution >= 4 is 41.5 Å². The van der Waals surface area contributed by atoms with Gasteiger partial charge in [-0.3, -0.25) is 33.6 Å². The van der Waals surface area contributed by atoms with Gasteiger partial charge in [-0.05, 0) is 38.0 Å². The second-order valence-corrected chi connectivity index (χ2v) is 12.3. The van der Waals surface area contributed by atoms with Gasteiger partial charge in [-0.1, -0.05) is 47.5 Å². The van der Waals surface area contributed by atoms with E-state index in [1.54, 1.807) is 20.8 Å². The zero-order chi connectivity index (χ0) is 35.3. The fourth-order valence-corrected chi connectivity index (χ4v) is 5.48. The van der Waals surface area contributed by atoms with E-state index in [-0.39, 0.29) is 24.8 Å². The number of hydrogen-bond donors (Lipinski definition) is 2. The van der Waals surface area contributed by atoms with Crippen molar-refractivity contribution in [3.05, 3.63) is 0 Å². The predicted molar refractivity (Wildman–Crippen MR) is 170 cm³/mol. The summed E-state index contributed by atoms with van der Waals surface area (Å²) in [7, 11) is 4.23. The molecule has 2 N–H and O–H groups in total. The summed E-state index contributed by atoms with van der Waals surface area (Å²) >= 11 is 0. The van der Waals surface area contributed by atoms with E-state index in [9.17, 15) is 33.6 Å². The second-order valence-electron chi connectivity index (χ2n) is 12.3. The molecule has 1 aliphatic rings. The first-order valence-corrected chi connectivity index (χ1v) is 16.2. The third-order valence-electron chi connectivity index (χ3n) is 8.56. The highest BCUT2D eigenvalue weighted by molar-refractivity contribution is 5.96. The number of likely N-dealkylation sites (tertiary alicyclic amines) is 1. The lowest BCUT2D eigenvalue weighted by atomic mass is 9.94. The molecule has 0 aliphatic carbocycles. The zero-order valence-corrected chi connectivity index (χ0v) is 29.2. The Labute approximate surface area is 273 Å². The lowest BCUT2D eigenvalue weighted by Gasteiger charge is -2.38. The van der Waals surface area contributed by atoms with Gasteiger partial charge in [-0.25, -0.2) is 0 Å². The molecule has 1 unspecified atom stereocenters. The van der Waals surface area contributed by atoms with Gasteiger partial charge in [0.15, 0.2) is 6.10 Å². The number of carbonyl (C=O) groups is 7. The molecule has 0 radical (unpaired) electrons. The SMILES string of the molecule is CCCC(OC(C)=O)C(=O)N1CCC[C@H]1C(=O)N[C@H](C(=O)N(C)[C@H](C(=O)N(C)[C@@H](C)C(=O)NCCC(=O)OC)C(C)C)[C@@H](C)CC. The fraction of sp³-hybridized carbons (Fsp3) is 0.781. The molecule has 1 aliphatic heterocycles. The van der Waals surface area contributed by atoms with E-state index in [4.69, 9.17) is 4.74 Å². The summed E-state index contributed by atoms with van der Waals surface area (Å²) in [5, 5.41) is 5.48. The van der Waals surface area contributed by atoms with Crippen LogP contribution in [0, 0.1) is 11.8 Å². The summed E-state index contributed by atoms with van der Waals surface area (Å²) in [6.07, 6.45) is 1.46. The Bertz CT molecular complexity index is 1100. The first-order valence-electron chi connectivity index (χ1n) is 16.2. The summed E-state index contributed by atoms with van der Waals surface area (Å²) < 4.78 is 9.83. The number of esters is 2. The van der Waals surface area contributed by atoms with Crippen LogP contribution in [0.5, 0.6) is 0 Å². The fourth-order valence-electron chi connectivity index (χ4n) is 5.48. The van der Waals surface area contributed by atoms with Crippen molar-refractivity contribution < 1.29 is 43.0 Å². The van der Waals surface area contributed by atoms with E-state index in [2.05, 4.69) is 15.4 Å². The van der Waals surface area contributed by atoms with E-state index in [1.165, 1.54) is 42.8 Å². The number of rotatable bonds is 17. The van der Waals surface area contributed by atoms with Crippen molar-refractivity contribution in [1.29, 1.82) is 0 Å². The number of likely N-dealkylation sites (N-methyl/N-ethyl adjacent to an activating group) is 2. The van der Waals surface area contributed by atoms with E-state index in [1.807, 2.05) is 20.8 Å². The van der Waals surface area contributed by atoms with Crippen LogP contribution >= 0.6 is 0 Å². The Morgan fingerprint density at radius 2 is 1.59 bits per heavy atom. The summed E-state index contributed by atoms with van der Waals surface area (Å²) in [6.45, 7) is 12.3. The molecule has 0 aromatic rings. The maximum Gasteiger partial charge on any atom is 0.307 e. The molecule has 14 nitrogen and oxygen atoms in total. The highest BCUT2D eigenvalue weighted by atomic mass is 16.5. The molecule has 0 aromatic heterocycles. The second kappa shape index (κ2) is 19.1. The molecule has 1 heterocycles. The first kappa shape index (κ1) is 40.3. The van der Waals surface area contributed by atoms with Crippen LogP contribution < -0.4 is 10.6 Å². The molecule has 1 rings (SSSR count). The van der Waals surface area contributed by atoms with Gasteiger partial charge in [0.25, 0.3) is 5.91 Å². The van der Waals surface area contributed by atoms with Crippen LogP contribution in [0.15, 0.2) is 0 Å². The molecule has 1 fully saturated rings. The molecule has 5 amide bonds. The lowest BCUT2D eigenvalue weighted by Crippen LogP contribution is -2.61. The minimum absolute atomic E-state index is 0.0144. The van der Waals surface area contributed by atoms with Gasteiger partial charge < -0.3 is 34.8 Å². The topological polar surface area (TPSA) is 172 Å². The summed E-state index contributed by atoms with van der Waals surface area (Å²) in [6, 6.07) is -3.67. The standard InChI is InChI=1S/C32H55N5O9/c1-11-14-24(46-22(7)38)30(42)37-18-13-15-23(37)29(41)34-26(20(5)12-2)31(43)36(9)27(19(3)4)32(44)35(8)21(6)28(40)33-17-16-25(39)45-10/h19-21,23-24,26-27H,11-18H2,1-10H3,(H,33,40)(H,34,41)/t20-,21-,23-,24?,26-,27-/m0/s1. The summed E-state index contributed by atoms with van der Waals surface area (Å²) in [5.41, 5.74) is 0. The Hall–Kier alpha value is -3.71. The number of nitrogens with zero attached hydrogens (tertiary/aromatic N) is 3. The average Bonchev–Trinajstić information content (AvgIpc) is 3.51. The van der Waals surface area contributed by atoms with E-state index < -0.39 is 71.7 Å². The van der Waals surface area contributed by atoms with Gasteiger partial charge in [-0.15, -0.1) is 0 Å². The van der Waals surface area contributed by atoms with Crippen molar-refractivity contribution in [2.24, 2.45) is 11.8 Å². The predicted octanol–water partition coefficient (Wildman–Crippen LogP) is 1.25. The first-order chi connectivity index (χ1) is 21.5. The van der Waals surface area contributed by atoms with Crippen LogP contribution in [-0.2, 0) is 43.0 Å². The maximum atomic E-state index is 14.0. The summed E-state index contributed by atoms with van der Waals surface area (Å²) in [4.78, 5) is 94.4. The number of ether oxygens (including phenoxy) is 2. The number of carbonyl (C=O) groups excluding carboxylic acids is 7. The minimum atomic E-state index is -0.988. The Morgan fingerprint density at radius 1 is 0.957 bits per heavy atom. The molecule has 0 spiro atoms. The Balaban J connectivity index is 3.15. The average molecular weight is 654 g/mol. The molecule has 0 bridgehead atoms. The number of amides is 5. The molecular weight excluding hydrogens is 598 g/mol. The monoisotopic (exact) mass is 653 g/mol. The molecule has 6 atom stereocenters. The van der Waals surface area contributed by atoms with Crippen LogP contribution in [0.1, 0.15) is 87.0 Å². The molecule has 0 saturated carbocycles. The normalized spacial score (nSPS) is 17.6. The van der Waals surface area contributed by atoms with Gasteiger partial charge in [0, 0.05) is 34.1 Å². The number of nitrogens with one attached hydrogen (secondary N) is 2. The van der Waals surface area contributed by atoms with E-state index in [0.29, 0.717) is 38.6 Å². The van der Waals surface area contributed by atoms with Gasteiger partial charge >= 0.3 is 11.9 Å². The lowest BCUT2D eigenvalue weighted by molar-refractivity contribution is -0.160. The highest BCUT2D eigenvalue weighted by Crippen LogP contribution is 2.23. The third kappa shape index (κ3) is 11.0. The van der Waals surface area contributed by atoms with Gasteiger partial charge in [-0.2, -0.15) is 0 Å². The molecular formula is C32H55N5O9. The van der Waals surface area contributed by atoms with Crippen molar-refractivity contribution in [1.82, 2.24) is 25.3 Å². The van der Waals surface area contributed by atoms with Crippen molar-refractivity contribution in [2.45, 2.75) is 117 Å². The minimum Gasteiger partial charge on any atom is -0.469 e. The van der Waals surface area contributed by atoms with Crippen LogP contribution in [-0.4, -0.2) is 121 Å². The molecule has 1 saturated heterocycles. The van der Waals surface area contributed by atoms with Gasteiger partial charge in [0.05, 0.1) is 13.5 Å². The third-order valence-corrected chi connectivity index (χ3v) is 8.56. The largest absolute Gasteiger partial charge is 0.469 e. The zero-order valence-electron chi connectivity index (χ0n) is 29.2. The van der Waals surface area contributed by atoms with Crippen LogP contribution in [0.3, 0.4) is 0 Å². The molecule has 0 aromatic carbocycles. The Morgan fingerprint density at radius 3 is 2.11 bits per heavy atom. The summed E-state index contributed by atoms with van der Waals surface area (Å²) in [5.74, 6) is -4.03. The molecule has 262 valence electrons. The van der Waals surface area contributed by atoms with Gasteiger partial charge in [0.1, 0.15) is 24.2 Å². The number of methoxy groups -OCH3 is 1. The van der Waals surface area contributed by atoms with Crippen LogP contribution in [0.25, 0.3) is 0 Å². The number of hydrogen-bond acceptors (Lipinski definition) is 9. The quantitative estimate of drug-likeness (QED) is 0.219. The van der Waals surface area contributed by atoms with Gasteiger partial charge in [0.2, 0.25) is 23.6 Å². The highest BCUT2D eigenvalue weighted by Gasteiger charge is 2.42. The maximum absolute atomic E-state index is 14.0. The van der Waals surface area contributed by atoms with Crippen molar-refractivity contribution in [3.8, 4) is 0 Å². The smallest absolute Gasteiger partial charge is 0.307 e. The van der Waals surface area contributed by atoms with Crippen LogP contribution in [0.2, 0.25) is 0 Å². The van der Waals surface area contributed by atoms with E-state index in [0.717, 1.165) is 0 Å². The van der Waals surface area contributed by atoms with Crippen molar-refractivity contribution in [2.75, 3.05) is 34.3 Å². The Kier molecular flexibility index (Phi) is 16.7. The molecule has 14 heteroatoms.